The lowest BCUT2D eigenvalue weighted by molar-refractivity contribution is 0.0766. The number of hydrogen-bond acceptors (Lipinski definition) is 2. The molecule has 0 aromatic heterocycles. The van der Waals surface area contributed by atoms with Crippen LogP contribution in [0.4, 0.5) is 4.39 Å². The van der Waals surface area contributed by atoms with Crippen molar-refractivity contribution in [2.75, 3.05) is 19.8 Å². The van der Waals surface area contributed by atoms with Gasteiger partial charge in [0.1, 0.15) is 5.82 Å². The molecule has 1 atom stereocenters. The summed E-state index contributed by atoms with van der Waals surface area (Å²) in [6, 6.07) is 5.32. The maximum absolute atomic E-state index is 13.3. The van der Waals surface area contributed by atoms with E-state index in [0.717, 1.165) is 24.3 Å². The Hall–Kier alpha value is -0.930. The molecule has 1 aromatic rings. The smallest absolute Gasteiger partial charge is 0.126 e. The zero-order chi connectivity index (χ0) is 9.97. The zero-order valence-corrected chi connectivity index (χ0v) is 8.22. The number of ether oxygens (including phenoxy) is 1. The Morgan fingerprint density at radius 1 is 1.50 bits per heavy atom. The summed E-state index contributed by atoms with van der Waals surface area (Å²) in [5.41, 5.74) is 1.72. The van der Waals surface area contributed by atoms with E-state index in [2.05, 4.69) is 5.32 Å². The quantitative estimate of drug-likeness (QED) is 0.737. The van der Waals surface area contributed by atoms with Crippen LogP contribution in [0.3, 0.4) is 0 Å². The third kappa shape index (κ3) is 1.79. The molecule has 1 heterocycles. The Labute approximate surface area is 83.1 Å². The van der Waals surface area contributed by atoms with E-state index in [1.165, 1.54) is 6.07 Å². The van der Waals surface area contributed by atoms with Crippen LogP contribution in [-0.4, -0.2) is 19.8 Å². The summed E-state index contributed by atoms with van der Waals surface area (Å²) in [6.07, 6.45) is 0. The molecule has 1 saturated heterocycles. The molecule has 0 amide bonds. The highest BCUT2D eigenvalue weighted by Gasteiger charge is 2.17. The van der Waals surface area contributed by atoms with Gasteiger partial charge in [-0.05, 0) is 24.1 Å². The first-order valence-electron chi connectivity index (χ1n) is 4.85. The van der Waals surface area contributed by atoms with Crippen molar-refractivity contribution in [1.29, 1.82) is 0 Å². The minimum absolute atomic E-state index is 0.138. The molecule has 0 bridgehead atoms. The normalized spacial score (nSPS) is 22.3. The molecule has 1 N–H and O–H groups in total. The second-order valence-electron chi connectivity index (χ2n) is 3.54. The number of nitrogens with one attached hydrogen (secondary N) is 1. The molecule has 2 rings (SSSR count). The summed E-state index contributed by atoms with van der Waals surface area (Å²) in [5.74, 6) is -0.144. The van der Waals surface area contributed by atoms with Crippen molar-refractivity contribution in [2.45, 2.75) is 13.0 Å². The number of benzene rings is 1. The summed E-state index contributed by atoms with van der Waals surface area (Å²) >= 11 is 0. The highest BCUT2D eigenvalue weighted by Crippen LogP contribution is 2.21. The SMILES string of the molecule is Cc1c(F)cccc1[C@@H]1COCCN1. The Morgan fingerprint density at radius 3 is 3.07 bits per heavy atom. The average molecular weight is 195 g/mol. The number of hydrogen-bond donors (Lipinski definition) is 1. The van der Waals surface area contributed by atoms with Gasteiger partial charge in [-0.2, -0.15) is 0 Å². The molecule has 0 aliphatic carbocycles. The van der Waals surface area contributed by atoms with Gasteiger partial charge in [0.25, 0.3) is 0 Å². The van der Waals surface area contributed by atoms with Crippen molar-refractivity contribution in [3.63, 3.8) is 0 Å². The fourth-order valence-electron chi connectivity index (χ4n) is 1.77. The predicted octanol–water partition coefficient (Wildman–Crippen LogP) is 1.80. The molecule has 0 saturated carbocycles. The van der Waals surface area contributed by atoms with Crippen LogP contribution in [0.5, 0.6) is 0 Å². The van der Waals surface area contributed by atoms with Crippen LogP contribution in [0, 0.1) is 12.7 Å². The van der Waals surface area contributed by atoms with Crippen molar-refractivity contribution in [3.05, 3.63) is 35.1 Å². The molecule has 0 radical (unpaired) electrons. The van der Waals surface area contributed by atoms with Gasteiger partial charge in [-0.3, -0.25) is 0 Å². The molecule has 76 valence electrons. The molecule has 14 heavy (non-hydrogen) atoms. The number of morpholine rings is 1. The molecular weight excluding hydrogens is 181 g/mol. The molecule has 1 aliphatic rings. The first-order valence-corrected chi connectivity index (χ1v) is 4.85. The third-order valence-corrected chi connectivity index (χ3v) is 2.61. The van der Waals surface area contributed by atoms with Gasteiger partial charge in [-0.25, -0.2) is 4.39 Å². The molecule has 1 fully saturated rings. The van der Waals surface area contributed by atoms with Crippen LogP contribution >= 0.6 is 0 Å². The van der Waals surface area contributed by atoms with Gasteiger partial charge in [0, 0.05) is 6.54 Å². The Morgan fingerprint density at radius 2 is 2.36 bits per heavy atom. The van der Waals surface area contributed by atoms with Crippen molar-refractivity contribution < 1.29 is 9.13 Å². The van der Waals surface area contributed by atoms with Gasteiger partial charge in [0.2, 0.25) is 0 Å². The van der Waals surface area contributed by atoms with Crippen molar-refractivity contribution in [2.24, 2.45) is 0 Å². The summed E-state index contributed by atoms with van der Waals surface area (Å²) < 4.78 is 18.6. The van der Waals surface area contributed by atoms with Gasteiger partial charge >= 0.3 is 0 Å². The van der Waals surface area contributed by atoms with Gasteiger partial charge in [0.15, 0.2) is 0 Å². The van der Waals surface area contributed by atoms with Crippen molar-refractivity contribution in [3.8, 4) is 0 Å². The van der Waals surface area contributed by atoms with E-state index < -0.39 is 0 Å². The second-order valence-corrected chi connectivity index (χ2v) is 3.54. The molecule has 0 spiro atoms. The van der Waals surface area contributed by atoms with E-state index in [-0.39, 0.29) is 11.9 Å². The second kappa shape index (κ2) is 4.07. The molecule has 1 aromatic carbocycles. The predicted molar refractivity (Wildman–Crippen MR) is 52.7 cm³/mol. The first-order chi connectivity index (χ1) is 6.79. The van der Waals surface area contributed by atoms with E-state index in [0.29, 0.717) is 6.61 Å². The van der Waals surface area contributed by atoms with E-state index in [1.54, 1.807) is 13.0 Å². The topological polar surface area (TPSA) is 21.3 Å². The van der Waals surface area contributed by atoms with Crippen LogP contribution in [0.15, 0.2) is 18.2 Å². The average Bonchev–Trinajstić information content (AvgIpc) is 2.23. The molecule has 3 heteroatoms. The lowest BCUT2D eigenvalue weighted by atomic mass is 10.0. The Bertz CT molecular complexity index is 321. The first kappa shape index (κ1) is 9.62. The summed E-state index contributed by atoms with van der Waals surface area (Å²) in [4.78, 5) is 0. The number of halogens is 1. The van der Waals surface area contributed by atoms with Gasteiger partial charge in [0.05, 0.1) is 19.3 Å². The third-order valence-electron chi connectivity index (χ3n) is 2.61. The van der Waals surface area contributed by atoms with E-state index in [4.69, 9.17) is 4.74 Å². The van der Waals surface area contributed by atoms with E-state index >= 15 is 0 Å². The standard InChI is InChI=1S/C11H14FNO/c1-8-9(3-2-4-10(8)12)11-7-14-6-5-13-11/h2-4,11,13H,5-7H2,1H3/t11-/m0/s1. The lowest BCUT2D eigenvalue weighted by Gasteiger charge is -2.25. The summed E-state index contributed by atoms with van der Waals surface area (Å²) in [7, 11) is 0. The zero-order valence-electron chi connectivity index (χ0n) is 8.22. The molecule has 1 aliphatic heterocycles. The van der Waals surface area contributed by atoms with E-state index in [9.17, 15) is 4.39 Å². The largest absolute Gasteiger partial charge is 0.378 e. The highest BCUT2D eigenvalue weighted by molar-refractivity contribution is 5.30. The molecular formula is C11H14FNO. The van der Waals surface area contributed by atoms with Gasteiger partial charge in [-0.1, -0.05) is 12.1 Å². The Balaban J connectivity index is 2.26. The number of rotatable bonds is 1. The maximum atomic E-state index is 13.3. The monoisotopic (exact) mass is 195 g/mol. The Kier molecular flexibility index (Phi) is 2.79. The van der Waals surface area contributed by atoms with Crippen molar-refractivity contribution >= 4 is 0 Å². The van der Waals surface area contributed by atoms with Crippen LogP contribution in [0.2, 0.25) is 0 Å². The van der Waals surface area contributed by atoms with Gasteiger partial charge in [-0.15, -0.1) is 0 Å². The minimum Gasteiger partial charge on any atom is -0.378 e. The molecule has 2 nitrogen and oxygen atoms in total. The summed E-state index contributed by atoms with van der Waals surface area (Å²) in [5, 5.41) is 3.31. The van der Waals surface area contributed by atoms with Crippen LogP contribution in [-0.2, 0) is 4.74 Å². The van der Waals surface area contributed by atoms with E-state index in [1.807, 2.05) is 6.07 Å². The molecule has 0 unspecified atom stereocenters. The maximum Gasteiger partial charge on any atom is 0.126 e. The fourth-order valence-corrected chi connectivity index (χ4v) is 1.77. The van der Waals surface area contributed by atoms with Crippen molar-refractivity contribution in [1.82, 2.24) is 5.32 Å². The minimum atomic E-state index is -0.144. The van der Waals surface area contributed by atoms with Gasteiger partial charge < -0.3 is 10.1 Å². The van der Waals surface area contributed by atoms with Crippen LogP contribution in [0.25, 0.3) is 0 Å². The summed E-state index contributed by atoms with van der Waals surface area (Å²) in [6.45, 7) is 4.01. The lowest BCUT2D eigenvalue weighted by Crippen LogP contribution is -2.35. The van der Waals surface area contributed by atoms with Crippen LogP contribution < -0.4 is 5.32 Å². The fraction of sp³-hybridized carbons (Fsp3) is 0.455. The van der Waals surface area contributed by atoms with Crippen LogP contribution in [0.1, 0.15) is 17.2 Å². The highest BCUT2D eigenvalue weighted by atomic mass is 19.1.